The van der Waals surface area contributed by atoms with Crippen molar-refractivity contribution in [1.29, 1.82) is 0 Å². The van der Waals surface area contributed by atoms with Crippen LogP contribution in [0.1, 0.15) is 33.6 Å². The molecular formula is C34H36Cl3N5O3. The highest BCUT2D eigenvalue weighted by Gasteiger charge is 2.14. The Morgan fingerprint density at radius 1 is 0.667 bits per heavy atom. The van der Waals surface area contributed by atoms with Gasteiger partial charge in [-0.1, -0.05) is 34.8 Å². The first-order valence-corrected chi connectivity index (χ1v) is 15.4. The summed E-state index contributed by atoms with van der Waals surface area (Å²) in [4.78, 5) is 23.2. The van der Waals surface area contributed by atoms with E-state index in [0.29, 0.717) is 28.0 Å². The molecule has 236 valence electrons. The lowest BCUT2D eigenvalue weighted by molar-refractivity contribution is 0.0515. The highest BCUT2D eigenvalue weighted by Crippen LogP contribution is 2.24. The average Bonchev–Trinajstić information content (AvgIpc) is 3.63. The number of fused-ring (bicyclic) bond motifs is 3. The normalized spacial score (nSPS) is 10.8. The zero-order valence-electron chi connectivity index (χ0n) is 26.0. The van der Waals surface area contributed by atoms with Crippen LogP contribution in [0, 0.1) is 0 Å². The van der Waals surface area contributed by atoms with E-state index in [0.717, 1.165) is 33.4 Å². The first kappa shape index (κ1) is 33.9. The van der Waals surface area contributed by atoms with E-state index in [1.54, 1.807) is 26.1 Å². The summed E-state index contributed by atoms with van der Waals surface area (Å²) in [7, 11) is 9.34. The molecule has 0 saturated heterocycles. The molecule has 3 aromatic carbocycles. The fourth-order valence-corrected chi connectivity index (χ4v) is 5.66. The highest BCUT2D eigenvalue weighted by molar-refractivity contribution is 6.32. The fraction of sp³-hybridized carbons (Fsp3) is 0.235. The number of esters is 1. The van der Waals surface area contributed by atoms with E-state index in [1.807, 2.05) is 78.8 Å². The molecule has 0 saturated carbocycles. The quantitative estimate of drug-likeness (QED) is 0.184. The van der Waals surface area contributed by atoms with Crippen LogP contribution in [-0.2, 0) is 32.4 Å². The predicted molar refractivity (Wildman–Crippen MR) is 186 cm³/mol. The van der Waals surface area contributed by atoms with Crippen LogP contribution in [0.4, 0.5) is 0 Å². The van der Waals surface area contributed by atoms with Crippen LogP contribution in [0.15, 0.2) is 72.8 Å². The summed E-state index contributed by atoms with van der Waals surface area (Å²) in [5.74, 6) is -0.401. The Bertz CT molecular complexity index is 1990. The van der Waals surface area contributed by atoms with Gasteiger partial charge in [0, 0.05) is 88.2 Å². The van der Waals surface area contributed by atoms with Gasteiger partial charge in [-0.05, 0) is 86.8 Å². The molecule has 2 N–H and O–H groups in total. The first-order chi connectivity index (χ1) is 21.5. The summed E-state index contributed by atoms with van der Waals surface area (Å²) in [6.45, 7) is 3.04. The Labute approximate surface area is 277 Å². The number of rotatable bonds is 5. The standard InChI is InChI=1S/C12H12ClNO2.C11H11ClN2O.C11H13ClN2/c1-3-16-12(15)11-7-8-6-9(13)4-5-10(8)14(11)2;1-13-11(15)10-6-7-5-8(12)3-4-9(7)14(10)2;1-13-7-10-6-8-5-9(12)3-4-11(8)14(10)2/h4-7H,3H2,1-2H3;3-6H,1-2H3,(H,13,15);3-6,13H,7H2,1-2H3. The molecule has 1 amide bonds. The number of nitrogens with one attached hydrogen (secondary N) is 2. The maximum Gasteiger partial charge on any atom is 0.354 e. The minimum absolute atomic E-state index is 0.0928. The number of benzene rings is 3. The minimum Gasteiger partial charge on any atom is -0.461 e. The van der Waals surface area contributed by atoms with Crippen LogP contribution in [0.2, 0.25) is 15.1 Å². The number of hydrogen-bond donors (Lipinski definition) is 2. The summed E-state index contributed by atoms with van der Waals surface area (Å²) in [6, 6.07) is 22.9. The van der Waals surface area contributed by atoms with Crippen molar-refractivity contribution >= 4 is 79.4 Å². The van der Waals surface area contributed by atoms with Crippen molar-refractivity contribution in [1.82, 2.24) is 24.3 Å². The number of halogens is 3. The van der Waals surface area contributed by atoms with Gasteiger partial charge in [-0.15, -0.1) is 0 Å². The molecule has 3 heterocycles. The molecule has 8 nitrogen and oxygen atoms in total. The largest absolute Gasteiger partial charge is 0.461 e. The lowest BCUT2D eigenvalue weighted by Crippen LogP contribution is -2.20. The van der Waals surface area contributed by atoms with Gasteiger partial charge in [0.25, 0.3) is 5.91 Å². The van der Waals surface area contributed by atoms with E-state index in [2.05, 4.69) is 34.4 Å². The Kier molecular flexibility index (Phi) is 11.2. The van der Waals surface area contributed by atoms with Crippen molar-refractivity contribution in [2.75, 3.05) is 20.7 Å². The molecule has 0 bridgehead atoms. The van der Waals surface area contributed by atoms with Crippen LogP contribution in [0.5, 0.6) is 0 Å². The lowest BCUT2D eigenvalue weighted by atomic mass is 10.2. The second-order valence-corrected chi connectivity index (χ2v) is 11.6. The van der Waals surface area contributed by atoms with Crippen LogP contribution in [-0.4, -0.2) is 46.3 Å². The third-order valence-electron chi connectivity index (χ3n) is 7.42. The van der Waals surface area contributed by atoms with Gasteiger partial charge >= 0.3 is 5.97 Å². The maximum atomic E-state index is 11.6. The SMILES string of the molecule is CCOC(=O)c1cc2cc(Cl)ccc2n1C.CNC(=O)c1cc2cc(Cl)ccc2n1C.CNCc1cc2cc(Cl)ccc2n1C. The van der Waals surface area contributed by atoms with Gasteiger partial charge in [-0.25, -0.2) is 4.79 Å². The number of carbonyl (C=O) groups is 2. The molecular weight excluding hydrogens is 633 g/mol. The third-order valence-corrected chi connectivity index (χ3v) is 8.12. The molecule has 45 heavy (non-hydrogen) atoms. The van der Waals surface area contributed by atoms with Crippen molar-refractivity contribution in [3.05, 3.63) is 105 Å². The summed E-state index contributed by atoms with van der Waals surface area (Å²) >= 11 is 17.7. The van der Waals surface area contributed by atoms with Crippen molar-refractivity contribution < 1.29 is 14.3 Å². The summed E-state index contributed by atoms with van der Waals surface area (Å²) < 4.78 is 10.8. The first-order valence-electron chi connectivity index (χ1n) is 14.3. The van der Waals surface area contributed by atoms with E-state index in [9.17, 15) is 9.59 Å². The molecule has 0 fully saturated rings. The predicted octanol–water partition coefficient (Wildman–Crippen LogP) is 7.75. The van der Waals surface area contributed by atoms with Crippen LogP contribution in [0.25, 0.3) is 32.7 Å². The smallest absolute Gasteiger partial charge is 0.354 e. The van der Waals surface area contributed by atoms with Crippen molar-refractivity contribution in [3.63, 3.8) is 0 Å². The lowest BCUT2D eigenvalue weighted by Gasteiger charge is -2.03. The molecule has 0 aliphatic heterocycles. The summed E-state index contributed by atoms with van der Waals surface area (Å²) in [6.07, 6.45) is 0. The Morgan fingerprint density at radius 3 is 1.58 bits per heavy atom. The Balaban J connectivity index is 0.000000154. The number of aromatic nitrogens is 3. The molecule has 0 aliphatic carbocycles. The highest BCUT2D eigenvalue weighted by atomic mass is 35.5. The Morgan fingerprint density at radius 2 is 1.11 bits per heavy atom. The molecule has 0 unspecified atom stereocenters. The van der Waals surface area contributed by atoms with E-state index in [-0.39, 0.29) is 11.9 Å². The van der Waals surface area contributed by atoms with Gasteiger partial charge < -0.3 is 29.1 Å². The van der Waals surface area contributed by atoms with E-state index in [4.69, 9.17) is 39.5 Å². The van der Waals surface area contributed by atoms with Crippen LogP contribution >= 0.6 is 34.8 Å². The van der Waals surface area contributed by atoms with Crippen LogP contribution < -0.4 is 10.6 Å². The monoisotopic (exact) mass is 667 g/mol. The van der Waals surface area contributed by atoms with Gasteiger partial charge in [-0.2, -0.15) is 0 Å². The van der Waals surface area contributed by atoms with Crippen molar-refractivity contribution in [2.45, 2.75) is 13.5 Å². The number of carbonyl (C=O) groups excluding carboxylic acids is 2. The second-order valence-electron chi connectivity index (χ2n) is 10.3. The number of ether oxygens (including phenoxy) is 1. The Hall–Kier alpha value is -3.95. The van der Waals surface area contributed by atoms with Crippen LogP contribution in [0.3, 0.4) is 0 Å². The minimum atomic E-state index is -0.308. The summed E-state index contributed by atoms with van der Waals surface area (Å²) in [5.41, 5.74) is 5.63. The molecule has 0 radical (unpaired) electrons. The number of amides is 1. The maximum absolute atomic E-state index is 11.6. The van der Waals surface area contributed by atoms with Crippen molar-refractivity contribution in [2.24, 2.45) is 21.1 Å². The molecule has 3 aromatic heterocycles. The second kappa shape index (κ2) is 14.9. The average molecular weight is 669 g/mol. The zero-order chi connectivity index (χ0) is 32.8. The van der Waals surface area contributed by atoms with Gasteiger partial charge in [0.05, 0.1) is 6.61 Å². The molecule has 0 atom stereocenters. The number of nitrogens with zero attached hydrogens (tertiary/aromatic N) is 3. The molecule has 0 aliphatic rings. The molecule has 0 spiro atoms. The summed E-state index contributed by atoms with van der Waals surface area (Å²) in [5, 5.41) is 11.0. The topological polar surface area (TPSA) is 82.2 Å². The third kappa shape index (κ3) is 7.65. The fourth-order valence-electron chi connectivity index (χ4n) is 5.12. The van der Waals surface area contributed by atoms with Gasteiger partial charge in [-0.3, -0.25) is 4.79 Å². The van der Waals surface area contributed by atoms with E-state index in [1.165, 1.54) is 16.6 Å². The van der Waals surface area contributed by atoms with Gasteiger partial charge in [0.15, 0.2) is 0 Å². The number of aryl methyl sites for hydroxylation is 3. The molecule has 6 aromatic rings. The van der Waals surface area contributed by atoms with Crippen molar-refractivity contribution in [3.8, 4) is 0 Å². The molecule has 6 rings (SSSR count). The molecule has 11 heteroatoms. The number of hydrogen-bond acceptors (Lipinski definition) is 4. The van der Waals surface area contributed by atoms with Gasteiger partial charge in [0.2, 0.25) is 0 Å². The van der Waals surface area contributed by atoms with Gasteiger partial charge in [0.1, 0.15) is 11.4 Å². The van der Waals surface area contributed by atoms with E-state index >= 15 is 0 Å². The zero-order valence-corrected chi connectivity index (χ0v) is 28.3. The van der Waals surface area contributed by atoms with E-state index < -0.39 is 0 Å².